The van der Waals surface area contributed by atoms with Crippen molar-refractivity contribution in [2.75, 3.05) is 11.9 Å². The normalized spacial score (nSPS) is 11.0. The Labute approximate surface area is 131 Å². The fourth-order valence-corrected chi connectivity index (χ4v) is 2.62. The average Bonchev–Trinajstić information content (AvgIpc) is 2.96. The molecule has 0 fully saturated rings. The maximum atomic E-state index is 4.68. The highest BCUT2D eigenvalue weighted by molar-refractivity contribution is 5.78. The van der Waals surface area contributed by atoms with Crippen molar-refractivity contribution in [3.05, 3.63) is 48.3 Å². The molecule has 0 unspecified atom stereocenters. The number of fused-ring (bicyclic) bond motifs is 1. The second-order valence-electron chi connectivity index (χ2n) is 5.58. The molecule has 3 rings (SSSR count). The first kappa shape index (κ1) is 14.6. The molecule has 0 radical (unpaired) electrons. The van der Waals surface area contributed by atoms with E-state index < -0.39 is 0 Å². The van der Waals surface area contributed by atoms with Gasteiger partial charge in [0.2, 0.25) is 0 Å². The summed E-state index contributed by atoms with van der Waals surface area (Å²) in [6.07, 6.45) is 5.54. The molecule has 1 N–H and O–H groups in total. The van der Waals surface area contributed by atoms with Crippen LogP contribution in [-0.4, -0.2) is 21.1 Å². The summed E-state index contributed by atoms with van der Waals surface area (Å²) >= 11 is 0. The van der Waals surface area contributed by atoms with Crippen LogP contribution in [0.4, 0.5) is 5.82 Å². The molecule has 0 bridgehead atoms. The van der Waals surface area contributed by atoms with Gasteiger partial charge in [-0.25, -0.2) is 4.98 Å². The summed E-state index contributed by atoms with van der Waals surface area (Å²) in [5, 5.41) is 8.02. The van der Waals surface area contributed by atoms with Crippen molar-refractivity contribution in [2.24, 2.45) is 0 Å². The van der Waals surface area contributed by atoms with E-state index >= 15 is 0 Å². The monoisotopic (exact) mass is 294 g/mol. The molecule has 4 nitrogen and oxygen atoms in total. The maximum absolute atomic E-state index is 4.68. The lowest BCUT2D eigenvalue weighted by molar-refractivity contribution is 0.739. The lowest BCUT2D eigenvalue weighted by Crippen LogP contribution is -2.08. The molecule has 0 saturated carbocycles. The van der Waals surface area contributed by atoms with Crippen LogP contribution in [0.1, 0.15) is 31.9 Å². The fraction of sp³-hybridized carbons (Fsp3) is 0.333. The number of aryl methyl sites for hydroxylation is 1. The zero-order chi connectivity index (χ0) is 15.4. The molecule has 0 aliphatic carbocycles. The van der Waals surface area contributed by atoms with E-state index in [1.165, 1.54) is 19.3 Å². The Balaban J connectivity index is 1.96. The van der Waals surface area contributed by atoms with Crippen molar-refractivity contribution >= 4 is 11.5 Å². The molecular weight excluding hydrogens is 272 g/mol. The van der Waals surface area contributed by atoms with Gasteiger partial charge in [-0.1, -0.05) is 50.1 Å². The topological polar surface area (TPSA) is 42.2 Å². The lowest BCUT2D eigenvalue weighted by Gasteiger charge is -2.09. The lowest BCUT2D eigenvalue weighted by atomic mass is 10.1. The van der Waals surface area contributed by atoms with Crippen LogP contribution >= 0.6 is 0 Å². The zero-order valence-corrected chi connectivity index (χ0v) is 13.2. The largest absolute Gasteiger partial charge is 0.370 e. The van der Waals surface area contributed by atoms with Gasteiger partial charge in [-0.3, -0.25) is 0 Å². The quantitative estimate of drug-likeness (QED) is 0.689. The molecule has 0 aliphatic heterocycles. The summed E-state index contributed by atoms with van der Waals surface area (Å²) < 4.78 is 1.90. The summed E-state index contributed by atoms with van der Waals surface area (Å²) in [4.78, 5) is 4.68. The average molecular weight is 294 g/mol. The molecule has 0 amide bonds. The smallest absolute Gasteiger partial charge is 0.165 e. The highest BCUT2D eigenvalue weighted by Crippen LogP contribution is 2.25. The Morgan fingerprint density at radius 1 is 1.14 bits per heavy atom. The minimum atomic E-state index is 0.907. The van der Waals surface area contributed by atoms with Gasteiger partial charge in [-0.2, -0.15) is 9.61 Å². The van der Waals surface area contributed by atoms with Crippen LogP contribution in [0.3, 0.4) is 0 Å². The van der Waals surface area contributed by atoms with Crippen LogP contribution < -0.4 is 5.32 Å². The van der Waals surface area contributed by atoms with Gasteiger partial charge in [-0.05, 0) is 18.9 Å². The van der Waals surface area contributed by atoms with E-state index in [2.05, 4.69) is 40.5 Å². The second kappa shape index (κ2) is 6.60. The molecule has 0 atom stereocenters. The third-order valence-electron chi connectivity index (χ3n) is 3.77. The molecule has 114 valence electrons. The summed E-state index contributed by atoms with van der Waals surface area (Å²) in [6, 6.07) is 12.3. The summed E-state index contributed by atoms with van der Waals surface area (Å²) in [6.45, 7) is 5.21. The summed E-state index contributed by atoms with van der Waals surface area (Å²) in [7, 11) is 0. The van der Waals surface area contributed by atoms with Crippen LogP contribution in [0.25, 0.3) is 16.8 Å². The minimum Gasteiger partial charge on any atom is -0.370 e. The fourth-order valence-electron chi connectivity index (χ4n) is 2.62. The van der Waals surface area contributed by atoms with Crippen LogP contribution in [-0.2, 0) is 0 Å². The van der Waals surface area contributed by atoms with Gasteiger partial charge in [0.05, 0.1) is 6.20 Å². The van der Waals surface area contributed by atoms with Gasteiger partial charge in [0.15, 0.2) is 5.65 Å². The van der Waals surface area contributed by atoms with Crippen molar-refractivity contribution in [3.8, 4) is 11.1 Å². The van der Waals surface area contributed by atoms with Gasteiger partial charge in [0.1, 0.15) is 5.82 Å². The predicted octanol–water partition coefficient (Wildman–Crippen LogP) is 4.31. The Morgan fingerprint density at radius 2 is 1.95 bits per heavy atom. The van der Waals surface area contributed by atoms with Crippen LogP contribution in [0.5, 0.6) is 0 Å². The van der Waals surface area contributed by atoms with E-state index in [0.29, 0.717) is 0 Å². The van der Waals surface area contributed by atoms with E-state index in [-0.39, 0.29) is 0 Å². The first-order valence-corrected chi connectivity index (χ1v) is 7.94. The summed E-state index contributed by atoms with van der Waals surface area (Å²) in [5.74, 6) is 1.01. The van der Waals surface area contributed by atoms with Gasteiger partial charge < -0.3 is 5.32 Å². The van der Waals surface area contributed by atoms with Gasteiger partial charge in [0, 0.05) is 23.9 Å². The molecular formula is C18H22N4. The second-order valence-corrected chi connectivity index (χ2v) is 5.58. The first-order valence-electron chi connectivity index (χ1n) is 7.94. The highest BCUT2D eigenvalue weighted by atomic mass is 15.3. The molecule has 3 aromatic rings. The molecule has 2 heterocycles. The summed E-state index contributed by atoms with van der Waals surface area (Å²) in [5.41, 5.74) is 4.13. The van der Waals surface area contributed by atoms with Crippen LogP contribution in [0.2, 0.25) is 0 Å². The van der Waals surface area contributed by atoms with Crippen LogP contribution in [0.15, 0.2) is 42.6 Å². The molecule has 0 aliphatic rings. The molecule has 0 saturated heterocycles. The van der Waals surface area contributed by atoms with E-state index in [1.807, 2.05) is 35.8 Å². The van der Waals surface area contributed by atoms with E-state index in [4.69, 9.17) is 0 Å². The van der Waals surface area contributed by atoms with E-state index in [0.717, 1.165) is 34.8 Å². The Bertz CT molecular complexity index is 746. The van der Waals surface area contributed by atoms with Crippen LogP contribution in [0, 0.1) is 6.92 Å². The predicted molar refractivity (Wildman–Crippen MR) is 91.2 cm³/mol. The Morgan fingerprint density at radius 3 is 2.73 bits per heavy atom. The SMILES string of the molecule is CCCCCNc1cc(C)nc2c(-c3ccccc3)cnn12. The number of unbranched alkanes of at least 4 members (excludes halogenated alkanes) is 2. The minimum absolute atomic E-state index is 0.907. The zero-order valence-electron chi connectivity index (χ0n) is 13.2. The molecule has 0 spiro atoms. The standard InChI is InChI=1S/C18H22N4/c1-3-4-8-11-19-17-12-14(2)21-18-16(13-20-22(17)18)15-9-6-5-7-10-15/h5-7,9-10,12-13,19H,3-4,8,11H2,1-2H3. The van der Waals surface area contributed by atoms with Crippen molar-refractivity contribution < 1.29 is 0 Å². The first-order chi connectivity index (χ1) is 10.8. The Kier molecular flexibility index (Phi) is 4.37. The number of nitrogens with zero attached hydrogens (tertiary/aromatic N) is 3. The van der Waals surface area contributed by atoms with Crippen molar-refractivity contribution in [2.45, 2.75) is 33.1 Å². The number of hydrogen-bond donors (Lipinski definition) is 1. The number of benzene rings is 1. The van der Waals surface area contributed by atoms with Gasteiger partial charge in [0.25, 0.3) is 0 Å². The number of aromatic nitrogens is 3. The van der Waals surface area contributed by atoms with Gasteiger partial charge >= 0.3 is 0 Å². The molecule has 2 aromatic heterocycles. The third kappa shape index (κ3) is 2.96. The third-order valence-corrected chi connectivity index (χ3v) is 3.77. The van der Waals surface area contributed by atoms with Crippen molar-refractivity contribution in [1.29, 1.82) is 0 Å². The number of nitrogens with one attached hydrogen (secondary N) is 1. The van der Waals surface area contributed by atoms with Crippen molar-refractivity contribution in [3.63, 3.8) is 0 Å². The van der Waals surface area contributed by atoms with E-state index in [1.54, 1.807) is 0 Å². The molecule has 1 aromatic carbocycles. The molecule has 22 heavy (non-hydrogen) atoms. The van der Waals surface area contributed by atoms with E-state index in [9.17, 15) is 0 Å². The number of rotatable bonds is 6. The number of hydrogen-bond acceptors (Lipinski definition) is 3. The Hall–Kier alpha value is -2.36. The number of anilines is 1. The maximum Gasteiger partial charge on any atom is 0.165 e. The molecule has 4 heteroatoms. The van der Waals surface area contributed by atoms with Gasteiger partial charge in [-0.15, -0.1) is 0 Å². The highest BCUT2D eigenvalue weighted by Gasteiger charge is 2.11. The van der Waals surface area contributed by atoms with Crippen molar-refractivity contribution in [1.82, 2.24) is 14.6 Å².